The number of thioether (sulfide) groups is 1. The van der Waals surface area contributed by atoms with E-state index in [0.29, 0.717) is 15.9 Å². The molecule has 4 rings (SSSR count). The Morgan fingerprint density at radius 3 is 2.89 bits per heavy atom. The Morgan fingerprint density at radius 1 is 1.32 bits per heavy atom. The van der Waals surface area contributed by atoms with Gasteiger partial charge >= 0.3 is 0 Å². The molecule has 10 heteroatoms. The van der Waals surface area contributed by atoms with Crippen LogP contribution >= 0.6 is 34.7 Å². The van der Waals surface area contributed by atoms with Crippen LogP contribution in [0.25, 0.3) is 5.69 Å². The number of hydrogen-bond donors (Lipinski definition) is 1. The van der Waals surface area contributed by atoms with Crippen molar-refractivity contribution in [3.05, 3.63) is 40.4 Å². The molecular formula is C18H19ClN6OS2. The first-order valence-corrected chi connectivity index (χ1v) is 11.2. The average molecular weight is 435 g/mol. The van der Waals surface area contributed by atoms with Gasteiger partial charge in [0.25, 0.3) is 0 Å². The summed E-state index contributed by atoms with van der Waals surface area (Å²) in [7, 11) is 0. The standard InChI is InChI=1S/C18H19ClN6OS2/c1-12(26)20-16-21-14(10-27-16)11-28-18-23-22-17(24-7-2-3-8-24)25(18)15-6-4-5-13(19)9-15/h4-6,9-10H,2-3,7-8,11H2,1H3,(H,20,21,26). The molecule has 3 aromatic rings. The number of carbonyl (C=O) groups is 1. The molecule has 0 spiro atoms. The Labute approximate surface area is 176 Å². The number of benzene rings is 1. The summed E-state index contributed by atoms with van der Waals surface area (Å²) in [6.45, 7) is 3.44. The average Bonchev–Trinajstić information content (AvgIpc) is 3.40. The van der Waals surface area contributed by atoms with Gasteiger partial charge in [0.15, 0.2) is 10.3 Å². The maximum absolute atomic E-state index is 11.2. The number of carbonyl (C=O) groups excluding carboxylic acids is 1. The number of anilines is 2. The molecule has 1 fully saturated rings. The molecule has 1 amide bonds. The quantitative estimate of drug-likeness (QED) is 0.585. The third-order valence-electron chi connectivity index (χ3n) is 4.26. The van der Waals surface area contributed by atoms with E-state index >= 15 is 0 Å². The minimum Gasteiger partial charge on any atom is -0.341 e. The molecule has 0 saturated carbocycles. The van der Waals surface area contributed by atoms with Crippen LogP contribution < -0.4 is 10.2 Å². The van der Waals surface area contributed by atoms with Crippen molar-refractivity contribution >= 4 is 51.7 Å². The summed E-state index contributed by atoms with van der Waals surface area (Å²) in [5.41, 5.74) is 1.83. The van der Waals surface area contributed by atoms with E-state index < -0.39 is 0 Å². The lowest BCUT2D eigenvalue weighted by Crippen LogP contribution is -2.22. The van der Waals surface area contributed by atoms with Crippen molar-refractivity contribution in [2.24, 2.45) is 0 Å². The highest BCUT2D eigenvalue weighted by atomic mass is 35.5. The van der Waals surface area contributed by atoms with Gasteiger partial charge in [0, 0.05) is 36.2 Å². The second-order valence-electron chi connectivity index (χ2n) is 6.41. The molecule has 0 radical (unpaired) electrons. The monoisotopic (exact) mass is 434 g/mol. The zero-order chi connectivity index (χ0) is 19.5. The highest BCUT2D eigenvalue weighted by Gasteiger charge is 2.22. The van der Waals surface area contributed by atoms with Crippen molar-refractivity contribution in [3.63, 3.8) is 0 Å². The molecule has 1 saturated heterocycles. The largest absolute Gasteiger partial charge is 0.341 e. The van der Waals surface area contributed by atoms with Gasteiger partial charge in [0.1, 0.15) is 0 Å². The first-order chi connectivity index (χ1) is 13.6. The second-order valence-corrected chi connectivity index (χ2v) is 8.64. The molecule has 0 bridgehead atoms. The van der Waals surface area contributed by atoms with Gasteiger partial charge in [0.05, 0.1) is 11.4 Å². The van der Waals surface area contributed by atoms with Crippen molar-refractivity contribution in [1.29, 1.82) is 0 Å². The van der Waals surface area contributed by atoms with E-state index in [0.717, 1.165) is 48.4 Å². The molecule has 1 aromatic carbocycles. The van der Waals surface area contributed by atoms with Gasteiger partial charge in [-0.2, -0.15) is 0 Å². The first-order valence-electron chi connectivity index (χ1n) is 8.91. The topological polar surface area (TPSA) is 75.9 Å². The molecule has 1 N–H and O–H groups in total. The molecule has 0 unspecified atom stereocenters. The highest BCUT2D eigenvalue weighted by Crippen LogP contribution is 2.31. The van der Waals surface area contributed by atoms with Crippen molar-refractivity contribution in [3.8, 4) is 5.69 Å². The van der Waals surface area contributed by atoms with E-state index in [4.69, 9.17) is 11.6 Å². The van der Waals surface area contributed by atoms with Gasteiger partial charge in [-0.15, -0.1) is 21.5 Å². The molecular weight excluding hydrogens is 416 g/mol. The predicted octanol–water partition coefficient (Wildman–Crippen LogP) is 4.23. The summed E-state index contributed by atoms with van der Waals surface area (Å²) >= 11 is 9.21. The fourth-order valence-electron chi connectivity index (χ4n) is 3.04. The van der Waals surface area contributed by atoms with Crippen LogP contribution in [0.4, 0.5) is 11.1 Å². The zero-order valence-corrected chi connectivity index (χ0v) is 17.6. The van der Waals surface area contributed by atoms with Crippen molar-refractivity contribution in [2.45, 2.75) is 30.7 Å². The summed E-state index contributed by atoms with van der Waals surface area (Å²) in [4.78, 5) is 17.9. The summed E-state index contributed by atoms with van der Waals surface area (Å²) < 4.78 is 2.06. The molecule has 146 valence electrons. The van der Waals surface area contributed by atoms with Gasteiger partial charge in [-0.05, 0) is 31.0 Å². The third-order valence-corrected chi connectivity index (χ3v) is 6.26. The number of hydrogen-bond acceptors (Lipinski definition) is 7. The summed E-state index contributed by atoms with van der Waals surface area (Å²) in [5, 5.41) is 15.6. The van der Waals surface area contributed by atoms with Crippen LogP contribution in [0.15, 0.2) is 34.8 Å². The fraction of sp³-hybridized carbons (Fsp3) is 0.333. The smallest absolute Gasteiger partial charge is 0.232 e. The summed E-state index contributed by atoms with van der Waals surface area (Å²) in [6, 6.07) is 7.72. The van der Waals surface area contributed by atoms with Crippen LogP contribution in [-0.4, -0.2) is 38.7 Å². The lowest BCUT2D eigenvalue weighted by molar-refractivity contribution is -0.114. The number of amides is 1. The number of thiazole rings is 1. The number of nitrogens with one attached hydrogen (secondary N) is 1. The molecule has 0 aliphatic carbocycles. The van der Waals surface area contributed by atoms with Gasteiger partial charge in [-0.3, -0.25) is 9.36 Å². The van der Waals surface area contributed by atoms with Crippen molar-refractivity contribution in [1.82, 2.24) is 19.7 Å². The SMILES string of the molecule is CC(=O)Nc1nc(CSc2nnc(N3CCCC3)n2-c2cccc(Cl)c2)cs1. The molecule has 1 aliphatic heterocycles. The van der Waals surface area contributed by atoms with Gasteiger partial charge < -0.3 is 10.2 Å². The minimum atomic E-state index is -0.121. The molecule has 7 nitrogen and oxygen atoms in total. The fourth-order valence-corrected chi connectivity index (χ4v) is 4.92. The van der Waals surface area contributed by atoms with Crippen LogP contribution in [-0.2, 0) is 10.5 Å². The number of nitrogens with zero attached hydrogens (tertiary/aromatic N) is 5. The Hall–Kier alpha value is -2.10. The van der Waals surface area contributed by atoms with Crippen LogP contribution in [0, 0.1) is 0 Å². The van der Waals surface area contributed by atoms with Crippen molar-refractivity contribution < 1.29 is 4.79 Å². The zero-order valence-electron chi connectivity index (χ0n) is 15.3. The van der Waals surface area contributed by atoms with E-state index in [1.807, 2.05) is 29.6 Å². The Balaban J connectivity index is 1.59. The maximum Gasteiger partial charge on any atom is 0.232 e. The number of rotatable bonds is 6. The third kappa shape index (κ3) is 4.31. The predicted molar refractivity (Wildman–Crippen MR) is 114 cm³/mol. The Morgan fingerprint density at radius 2 is 2.14 bits per heavy atom. The Kier molecular flexibility index (Phi) is 5.84. The van der Waals surface area contributed by atoms with E-state index in [1.54, 1.807) is 11.8 Å². The Bertz CT molecular complexity index is 982. The molecule has 0 atom stereocenters. The van der Waals surface area contributed by atoms with Gasteiger partial charge in [-0.1, -0.05) is 29.4 Å². The van der Waals surface area contributed by atoms with Gasteiger partial charge in [-0.25, -0.2) is 4.98 Å². The summed E-state index contributed by atoms with van der Waals surface area (Å²) in [6.07, 6.45) is 2.32. The second kappa shape index (κ2) is 8.50. The van der Waals surface area contributed by atoms with E-state index in [2.05, 4.69) is 30.0 Å². The summed E-state index contributed by atoms with van der Waals surface area (Å²) in [5.74, 6) is 1.36. The molecule has 3 heterocycles. The molecule has 1 aliphatic rings. The van der Waals surface area contributed by atoms with Crippen molar-refractivity contribution in [2.75, 3.05) is 23.3 Å². The van der Waals surface area contributed by atoms with Gasteiger partial charge in [0.2, 0.25) is 11.9 Å². The number of aromatic nitrogens is 4. The highest BCUT2D eigenvalue weighted by molar-refractivity contribution is 7.98. The minimum absolute atomic E-state index is 0.121. The van der Waals surface area contributed by atoms with Crippen LogP contribution in [0.3, 0.4) is 0 Å². The lowest BCUT2D eigenvalue weighted by atomic mass is 10.3. The van der Waals surface area contributed by atoms with E-state index in [1.165, 1.54) is 18.3 Å². The van der Waals surface area contributed by atoms with E-state index in [9.17, 15) is 4.79 Å². The molecule has 28 heavy (non-hydrogen) atoms. The first kappa shape index (κ1) is 19.2. The molecule has 2 aromatic heterocycles. The number of halogens is 1. The lowest BCUT2D eigenvalue weighted by Gasteiger charge is -2.18. The van der Waals surface area contributed by atoms with E-state index in [-0.39, 0.29) is 5.91 Å². The maximum atomic E-state index is 11.2. The van der Waals surface area contributed by atoms with Crippen LogP contribution in [0.1, 0.15) is 25.5 Å². The normalized spacial score (nSPS) is 13.9. The van der Waals surface area contributed by atoms with Crippen LogP contribution in [0.2, 0.25) is 5.02 Å². The van der Waals surface area contributed by atoms with Crippen LogP contribution in [0.5, 0.6) is 0 Å².